The number of rotatable bonds is 0. The van der Waals surface area contributed by atoms with Crippen molar-refractivity contribution in [2.45, 2.75) is 6.92 Å². The average Bonchev–Trinajstić information content (AvgIpc) is 2.49. The summed E-state index contributed by atoms with van der Waals surface area (Å²) in [6, 6.07) is 4.02. The van der Waals surface area contributed by atoms with Gasteiger partial charge in [-0.25, -0.2) is 4.98 Å². The highest BCUT2D eigenvalue weighted by Gasteiger charge is 2.04. The van der Waals surface area contributed by atoms with Gasteiger partial charge in [-0.05, 0) is 18.6 Å². The van der Waals surface area contributed by atoms with E-state index in [9.17, 15) is 0 Å². The molecule has 2 aromatic rings. The minimum absolute atomic E-state index is 0.663. The van der Waals surface area contributed by atoms with Crippen LogP contribution in [0.15, 0.2) is 18.5 Å². The van der Waals surface area contributed by atoms with Crippen molar-refractivity contribution in [3.05, 3.63) is 29.6 Å². The van der Waals surface area contributed by atoms with Gasteiger partial charge in [0.2, 0.25) is 0 Å². The minimum Gasteiger partial charge on any atom is -0.345 e. The smallest absolute Gasteiger partial charge is 0.138 e. The number of aromatic amines is 1. The second-order valence-electron chi connectivity index (χ2n) is 2.67. The second-order valence-corrected chi connectivity index (χ2v) is 2.67. The Hall–Kier alpha value is -1.82. The molecule has 0 aliphatic rings. The number of nitrogens with zero attached hydrogens (tertiary/aromatic N) is 2. The monoisotopic (exact) mass is 157 g/mol. The van der Waals surface area contributed by atoms with E-state index in [4.69, 9.17) is 5.26 Å². The Kier molecular flexibility index (Phi) is 1.34. The largest absolute Gasteiger partial charge is 0.345 e. The molecule has 2 rings (SSSR count). The lowest BCUT2D eigenvalue weighted by molar-refractivity contribution is 1.31. The van der Waals surface area contributed by atoms with Crippen LogP contribution >= 0.6 is 0 Å². The molecule has 2 heterocycles. The maximum atomic E-state index is 8.75. The van der Waals surface area contributed by atoms with Gasteiger partial charge in [-0.2, -0.15) is 5.26 Å². The standard InChI is InChI=1S/C9H7N3/c1-6-2-3-11-9-8(6)7(4-10)5-12-9/h2-3,5H,1H3,(H,11,12). The van der Waals surface area contributed by atoms with Gasteiger partial charge in [-0.15, -0.1) is 0 Å². The number of hydrogen-bond donors (Lipinski definition) is 1. The first-order valence-electron chi connectivity index (χ1n) is 3.65. The second kappa shape index (κ2) is 2.35. The molecule has 3 heteroatoms. The van der Waals surface area contributed by atoms with E-state index in [1.807, 2.05) is 13.0 Å². The zero-order valence-corrected chi connectivity index (χ0v) is 6.63. The van der Waals surface area contributed by atoms with E-state index in [1.54, 1.807) is 12.4 Å². The number of H-pyrrole nitrogens is 1. The van der Waals surface area contributed by atoms with Gasteiger partial charge < -0.3 is 4.98 Å². The Bertz CT molecular complexity index is 462. The molecule has 58 valence electrons. The van der Waals surface area contributed by atoms with E-state index >= 15 is 0 Å². The van der Waals surface area contributed by atoms with Crippen LogP contribution in [0.1, 0.15) is 11.1 Å². The molecule has 0 saturated heterocycles. The highest BCUT2D eigenvalue weighted by Crippen LogP contribution is 2.18. The summed E-state index contributed by atoms with van der Waals surface area (Å²) in [6.07, 6.45) is 3.42. The van der Waals surface area contributed by atoms with E-state index in [2.05, 4.69) is 16.0 Å². The van der Waals surface area contributed by atoms with Gasteiger partial charge in [0.05, 0.1) is 5.56 Å². The molecule has 0 spiro atoms. The first-order valence-corrected chi connectivity index (χ1v) is 3.65. The van der Waals surface area contributed by atoms with Crippen molar-refractivity contribution in [2.24, 2.45) is 0 Å². The zero-order valence-electron chi connectivity index (χ0n) is 6.63. The summed E-state index contributed by atoms with van der Waals surface area (Å²) in [5, 5.41) is 9.68. The molecule has 0 fully saturated rings. The molecule has 0 aliphatic carbocycles. The fraction of sp³-hybridized carbons (Fsp3) is 0.111. The molecule has 0 bridgehead atoms. The number of hydrogen-bond acceptors (Lipinski definition) is 2. The van der Waals surface area contributed by atoms with E-state index in [0.717, 1.165) is 16.6 Å². The molecule has 0 aliphatic heterocycles. The average molecular weight is 157 g/mol. The van der Waals surface area contributed by atoms with Gasteiger partial charge in [-0.3, -0.25) is 0 Å². The van der Waals surface area contributed by atoms with Crippen LogP contribution in [0.4, 0.5) is 0 Å². The number of aryl methyl sites for hydroxylation is 1. The molecule has 0 saturated carbocycles. The van der Waals surface area contributed by atoms with Crippen molar-refractivity contribution < 1.29 is 0 Å². The van der Waals surface area contributed by atoms with Crippen molar-refractivity contribution in [3.63, 3.8) is 0 Å². The molecular formula is C9H7N3. The molecular weight excluding hydrogens is 150 g/mol. The van der Waals surface area contributed by atoms with Crippen LogP contribution in [0.25, 0.3) is 11.0 Å². The van der Waals surface area contributed by atoms with Crippen LogP contribution < -0.4 is 0 Å². The van der Waals surface area contributed by atoms with E-state index in [0.29, 0.717) is 5.56 Å². The Morgan fingerprint density at radius 3 is 3.17 bits per heavy atom. The first kappa shape index (κ1) is 6.86. The van der Waals surface area contributed by atoms with Crippen LogP contribution in [0.3, 0.4) is 0 Å². The predicted octanol–water partition coefficient (Wildman–Crippen LogP) is 1.74. The Balaban J connectivity index is 2.95. The van der Waals surface area contributed by atoms with Crippen molar-refractivity contribution in [3.8, 4) is 6.07 Å². The van der Waals surface area contributed by atoms with Crippen LogP contribution in [-0.4, -0.2) is 9.97 Å². The van der Waals surface area contributed by atoms with Crippen LogP contribution in [0.2, 0.25) is 0 Å². The third-order valence-corrected chi connectivity index (χ3v) is 1.90. The third kappa shape index (κ3) is 0.785. The van der Waals surface area contributed by atoms with E-state index < -0.39 is 0 Å². The summed E-state index contributed by atoms with van der Waals surface area (Å²) in [6.45, 7) is 1.97. The molecule has 1 N–H and O–H groups in total. The first-order chi connectivity index (χ1) is 5.83. The molecule has 0 radical (unpaired) electrons. The van der Waals surface area contributed by atoms with E-state index in [-0.39, 0.29) is 0 Å². The SMILES string of the molecule is Cc1ccnc2[nH]cc(C#N)c12. The minimum atomic E-state index is 0.663. The number of pyridine rings is 1. The van der Waals surface area contributed by atoms with Crippen molar-refractivity contribution in [2.75, 3.05) is 0 Å². The normalized spacial score (nSPS) is 10.0. The van der Waals surface area contributed by atoms with Crippen molar-refractivity contribution in [1.29, 1.82) is 5.26 Å². The zero-order chi connectivity index (χ0) is 8.55. The number of aromatic nitrogens is 2. The molecule has 0 atom stereocenters. The highest BCUT2D eigenvalue weighted by molar-refractivity contribution is 5.85. The van der Waals surface area contributed by atoms with Crippen LogP contribution in [-0.2, 0) is 0 Å². The number of nitrogens with one attached hydrogen (secondary N) is 1. The van der Waals surface area contributed by atoms with Gasteiger partial charge in [0, 0.05) is 17.8 Å². The van der Waals surface area contributed by atoms with Gasteiger partial charge in [0.25, 0.3) is 0 Å². The number of nitriles is 1. The maximum Gasteiger partial charge on any atom is 0.138 e. The Morgan fingerprint density at radius 2 is 2.42 bits per heavy atom. The molecule has 0 amide bonds. The molecule has 0 aromatic carbocycles. The maximum absolute atomic E-state index is 8.75. The van der Waals surface area contributed by atoms with Gasteiger partial charge >= 0.3 is 0 Å². The highest BCUT2D eigenvalue weighted by atomic mass is 14.8. The van der Waals surface area contributed by atoms with E-state index in [1.165, 1.54) is 0 Å². The van der Waals surface area contributed by atoms with Crippen molar-refractivity contribution in [1.82, 2.24) is 9.97 Å². The molecule has 3 nitrogen and oxygen atoms in total. The van der Waals surface area contributed by atoms with Gasteiger partial charge in [-0.1, -0.05) is 0 Å². The molecule has 0 unspecified atom stereocenters. The fourth-order valence-electron chi connectivity index (χ4n) is 1.31. The summed E-state index contributed by atoms with van der Waals surface area (Å²) in [7, 11) is 0. The summed E-state index contributed by atoms with van der Waals surface area (Å²) in [4.78, 5) is 7.05. The quantitative estimate of drug-likeness (QED) is 0.633. The van der Waals surface area contributed by atoms with Gasteiger partial charge in [0.1, 0.15) is 11.7 Å². The topological polar surface area (TPSA) is 52.5 Å². The lowest BCUT2D eigenvalue weighted by Gasteiger charge is -1.93. The Labute approximate surface area is 69.7 Å². The Morgan fingerprint density at radius 1 is 1.58 bits per heavy atom. The lowest BCUT2D eigenvalue weighted by Crippen LogP contribution is -1.79. The summed E-state index contributed by atoms with van der Waals surface area (Å²) >= 11 is 0. The molecule has 12 heavy (non-hydrogen) atoms. The van der Waals surface area contributed by atoms with Crippen LogP contribution in [0.5, 0.6) is 0 Å². The fourth-order valence-corrected chi connectivity index (χ4v) is 1.31. The third-order valence-electron chi connectivity index (χ3n) is 1.90. The van der Waals surface area contributed by atoms with Crippen molar-refractivity contribution >= 4 is 11.0 Å². The molecule has 2 aromatic heterocycles. The number of fused-ring (bicyclic) bond motifs is 1. The summed E-state index contributed by atoms with van der Waals surface area (Å²) < 4.78 is 0. The van der Waals surface area contributed by atoms with Crippen LogP contribution in [0, 0.1) is 18.3 Å². The lowest BCUT2D eigenvalue weighted by atomic mass is 10.1. The summed E-state index contributed by atoms with van der Waals surface area (Å²) in [5.74, 6) is 0. The predicted molar refractivity (Wildman–Crippen MR) is 45.5 cm³/mol. The summed E-state index contributed by atoms with van der Waals surface area (Å²) in [5.41, 5.74) is 2.53. The van der Waals surface area contributed by atoms with Gasteiger partial charge in [0.15, 0.2) is 0 Å².